The van der Waals surface area contributed by atoms with Crippen LogP contribution in [0.4, 0.5) is 5.69 Å². The molecule has 0 aromatic heterocycles. The van der Waals surface area contributed by atoms with Gasteiger partial charge in [-0.2, -0.15) is 0 Å². The molecule has 0 radical (unpaired) electrons. The number of rotatable bonds is 3. The molecule has 92 valence electrons. The van der Waals surface area contributed by atoms with Crippen molar-refractivity contribution < 1.29 is 14.5 Å². The fourth-order valence-electron chi connectivity index (χ4n) is 1.24. The van der Waals surface area contributed by atoms with Gasteiger partial charge in [0.15, 0.2) is 0 Å². The Morgan fingerprint density at radius 2 is 1.82 bits per heavy atom. The molecule has 5 heteroatoms. The van der Waals surface area contributed by atoms with Crippen LogP contribution in [0.1, 0.15) is 27.2 Å². The summed E-state index contributed by atoms with van der Waals surface area (Å²) < 4.78 is 5.06. The Kier molecular flexibility index (Phi) is 3.83. The second kappa shape index (κ2) is 4.95. The van der Waals surface area contributed by atoms with Gasteiger partial charge in [-0.3, -0.25) is 14.9 Å². The van der Waals surface area contributed by atoms with E-state index in [1.165, 1.54) is 24.3 Å². The summed E-state index contributed by atoms with van der Waals surface area (Å²) in [5.74, 6) is -0.0174. The maximum absolute atomic E-state index is 11.5. The van der Waals surface area contributed by atoms with E-state index in [-0.39, 0.29) is 17.1 Å². The van der Waals surface area contributed by atoms with Crippen LogP contribution in [-0.2, 0) is 4.79 Å². The van der Waals surface area contributed by atoms with Crippen LogP contribution in [0.15, 0.2) is 24.3 Å². The lowest BCUT2D eigenvalue weighted by molar-refractivity contribution is -0.384. The van der Waals surface area contributed by atoms with Crippen molar-refractivity contribution in [3.63, 3.8) is 0 Å². The number of ether oxygens (including phenoxy) is 1. The third-order valence-electron chi connectivity index (χ3n) is 1.95. The third-order valence-corrected chi connectivity index (χ3v) is 1.95. The molecule has 5 nitrogen and oxygen atoms in total. The highest BCUT2D eigenvalue weighted by molar-refractivity contribution is 5.73. The number of carbonyl (C=O) groups excluding carboxylic acids is 1. The zero-order chi connectivity index (χ0) is 13.1. The molecular weight excluding hydrogens is 222 g/mol. The van der Waals surface area contributed by atoms with Crippen molar-refractivity contribution in [1.82, 2.24) is 0 Å². The molecule has 0 bridgehead atoms. The van der Waals surface area contributed by atoms with Crippen LogP contribution in [0, 0.1) is 15.5 Å². The van der Waals surface area contributed by atoms with Gasteiger partial charge < -0.3 is 4.74 Å². The SMILES string of the molecule is CC(C)(C)CC(=O)Oc1ccc([N+](=O)[O-])cc1. The van der Waals surface area contributed by atoms with Crippen LogP contribution in [0.2, 0.25) is 0 Å². The summed E-state index contributed by atoms with van der Waals surface area (Å²) in [6, 6.07) is 5.44. The fourth-order valence-corrected chi connectivity index (χ4v) is 1.24. The number of esters is 1. The molecular formula is C12H15NO4. The first-order valence-electron chi connectivity index (χ1n) is 5.23. The number of nitrogens with zero attached hydrogens (tertiary/aromatic N) is 1. The highest BCUT2D eigenvalue weighted by atomic mass is 16.6. The molecule has 1 aromatic rings. The average molecular weight is 237 g/mol. The minimum Gasteiger partial charge on any atom is -0.427 e. The molecule has 1 aromatic carbocycles. The smallest absolute Gasteiger partial charge is 0.311 e. The molecule has 0 aliphatic heterocycles. The Labute approximate surface area is 99.5 Å². The molecule has 0 heterocycles. The fraction of sp³-hybridized carbons (Fsp3) is 0.417. The minimum absolute atomic E-state index is 0.0272. The van der Waals surface area contributed by atoms with Gasteiger partial charge in [-0.25, -0.2) is 0 Å². The Hall–Kier alpha value is -1.91. The number of nitro benzene ring substituents is 1. The zero-order valence-corrected chi connectivity index (χ0v) is 10.1. The molecule has 0 aliphatic carbocycles. The number of nitro groups is 1. The van der Waals surface area contributed by atoms with E-state index in [0.717, 1.165) is 0 Å². The number of non-ortho nitro benzene ring substituents is 1. The molecule has 0 N–H and O–H groups in total. The highest BCUT2D eigenvalue weighted by Gasteiger charge is 2.17. The van der Waals surface area contributed by atoms with Crippen LogP contribution in [-0.4, -0.2) is 10.9 Å². The van der Waals surface area contributed by atoms with Crippen LogP contribution in [0.3, 0.4) is 0 Å². The van der Waals surface area contributed by atoms with Crippen molar-refractivity contribution in [3.8, 4) is 5.75 Å². The maximum Gasteiger partial charge on any atom is 0.311 e. The van der Waals surface area contributed by atoms with Crippen molar-refractivity contribution in [2.24, 2.45) is 5.41 Å². The van der Waals surface area contributed by atoms with Gasteiger partial charge in [0.2, 0.25) is 0 Å². The first kappa shape index (κ1) is 13.2. The summed E-state index contributed by atoms with van der Waals surface area (Å²) >= 11 is 0. The van der Waals surface area contributed by atoms with Crippen molar-refractivity contribution in [1.29, 1.82) is 0 Å². The molecule has 0 amide bonds. The third kappa shape index (κ3) is 4.63. The van der Waals surface area contributed by atoms with Crippen molar-refractivity contribution in [3.05, 3.63) is 34.4 Å². The molecule has 0 unspecified atom stereocenters. The molecule has 0 aliphatic rings. The summed E-state index contributed by atoms with van der Waals surface area (Å²) in [5, 5.41) is 10.4. The largest absolute Gasteiger partial charge is 0.427 e. The van der Waals surface area contributed by atoms with Crippen molar-refractivity contribution >= 4 is 11.7 Å². The molecule has 17 heavy (non-hydrogen) atoms. The maximum atomic E-state index is 11.5. The summed E-state index contributed by atoms with van der Waals surface area (Å²) in [6.07, 6.45) is 0.296. The van der Waals surface area contributed by atoms with E-state index in [2.05, 4.69) is 0 Å². The second-order valence-corrected chi connectivity index (χ2v) is 4.96. The zero-order valence-electron chi connectivity index (χ0n) is 10.1. The number of carbonyl (C=O) groups is 1. The van der Waals surface area contributed by atoms with E-state index < -0.39 is 4.92 Å². The summed E-state index contributed by atoms with van der Waals surface area (Å²) in [6.45, 7) is 5.80. The van der Waals surface area contributed by atoms with Crippen LogP contribution >= 0.6 is 0 Å². The van der Waals surface area contributed by atoms with Gasteiger partial charge in [0.25, 0.3) is 5.69 Å². The molecule has 1 rings (SSSR count). The predicted octanol–water partition coefficient (Wildman–Crippen LogP) is 2.94. The summed E-state index contributed by atoms with van der Waals surface area (Å²) in [7, 11) is 0. The van der Waals surface area contributed by atoms with E-state index in [1.807, 2.05) is 20.8 Å². The minimum atomic E-state index is -0.499. The van der Waals surface area contributed by atoms with Gasteiger partial charge in [0.1, 0.15) is 5.75 Å². The Morgan fingerprint density at radius 1 is 1.29 bits per heavy atom. The normalized spacial score (nSPS) is 11.0. The lowest BCUT2D eigenvalue weighted by Gasteiger charge is -2.16. The Bertz CT molecular complexity index is 417. The predicted molar refractivity (Wildman–Crippen MR) is 62.8 cm³/mol. The van der Waals surface area contributed by atoms with Gasteiger partial charge in [-0.1, -0.05) is 20.8 Å². The van der Waals surface area contributed by atoms with E-state index in [9.17, 15) is 14.9 Å². The quantitative estimate of drug-likeness (QED) is 0.351. The molecule has 0 spiro atoms. The van der Waals surface area contributed by atoms with Crippen LogP contribution < -0.4 is 4.74 Å². The van der Waals surface area contributed by atoms with Gasteiger partial charge in [0.05, 0.1) is 11.3 Å². The number of hydrogen-bond acceptors (Lipinski definition) is 4. The summed E-state index contributed by atoms with van der Waals surface area (Å²) in [5.41, 5.74) is -0.168. The lowest BCUT2D eigenvalue weighted by Crippen LogP contribution is -2.17. The first-order chi connectivity index (χ1) is 7.78. The van der Waals surface area contributed by atoms with Crippen molar-refractivity contribution in [2.45, 2.75) is 27.2 Å². The topological polar surface area (TPSA) is 69.4 Å². The van der Waals surface area contributed by atoms with Gasteiger partial charge in [0, 0.05) is 12.1 Å². The Balaban J connectivity index is 2.64. The number of hydrogen-bond donors (Lipinski definition) is 0. The van der Waals surface area contributed by atoms with E-state index in [1.54, 1.807) is 0 Å². The van der Waals surface area contributed by atoms with Crippen LogP contribution in [0.5, 0.6) is 5.75 Å². The monoisotopic (exact) mass is 237 g/mol. The van der Waals surface area contributed by atoms with Gasteiger partial charge >= 0.3 is 5.97 Å². The van der Waals surface area contributed by atoms with Crippen LogP contribution in [0.25, 0.3) is 0 Å². The molecule has 0 atom stereocenters. The van der Waals surface area contributed by atoms with E-state index in [4.69, 9.17) is 4.74 Å². The molecule has 0 saturated heterocycles. The summed E-state index contributed by atoms with van der Waals surface area (Å²) in [4.78, 5) is 21.4. The van der Waals surface area contributed by atoms with Gasteiger partial charge in [-0.15, -0.1) is 0 Å². The van der Waals surface area contributed by atoms with E-state index >= 15 is 0 Å². The lowest BCUT2D eigenvalue weighted by atomic mass is 9.92. The molecule has 0 saturated carbocycles. The van der Waals surface area contributed by atoms with E-state index in [0.29, 0.717) is 12.2 Å². The second-order valence-electron chi connectivity index (χ2n) is 4.96. The van der Waals surface area contributed by atoms with Gasteiger partial charge in [-0.05, 0) is 17.5 Å². The Morgan fingerprint density at radius 3 is 2.24 bits per heavy atom. The molecule has 0 fully saturated rings. The first-order valence-corrected chi connectivity index (χ1v) is 5.23. The standard InChI is InChI=1S/C12H15NO4/c1-12(2,3)8-11(14)17-10-6-4-9(5-7-10)13(15)16/h4-7H,8H2,1-3H3. The average Bonchev–Trinajstić information content (AvgIpc) is 2.15. The highest BCUT2D eigenvalue weighted by Crippen LogP contribution is 2.22. The van der Waals surface area contributed by atoms with Crippen molar-refractivity contribution in [2.75, 3.05) is 0 Å². The number of benzene rings is 1.